The lowest BCUT2D eigenvalue weighted by Gasteiger charge is -2.02. The number of benzene rings is 1. The van der Waals surface area contributed by atoms with Crippen molar-refractivity contribution in [3.05, 3.63) is 66.3 Å². The van der Waals surface area contributed by atoms with E-state index in [9.17, 15) is 0 Å². The molecule has 0 aliphatic carbocycles. The minimum Gasteiger partial charge on any atom is -0.0958 e. The molecule has 0 fully saturated rings. The SMILES string of the molecule is C=C(/C=C/C=C/c1ccccc1)CC(C)C. The lowest BCUT2D eigenvalue weighted by atomic mass is 10.0. The Morgan fingerprint density at radius 1 is 1.19 bits per heavy atom. The summed E-state index contributed by atoms with van der Waals surface area (Å²) in [5.41, 5.74) is 2.41. The van der Waals surface area contributed by atoms with Gasteiger partial charge in [0.05, 0.1) is 0 Å². The minimum atomic E-state index is 0.676. The van der Waals surface area contributed by atoms with Gasteiger partial charge in [0, 0.05) is 0 Å². The molecule has 84 valence electrons. The van der Waals surface area contributed by atoms with Crippen LogP contribution in [0.4, 0.5) is 0 Å². The smallest absolute Gasteiger partial charge is 0.0257 e. The lowest BCUT2D eigenvalue weighted by molar-refractivity contribution is 0.651. The molecule has 0 unspecified atom stereocenters. The molecule has 0 spiro atoms. The van der Waals surface area contributed by atoms with Gasteiger partial charge < -0.3 is 0 Å². The molecule has 0 bridgehead atoms. The lowest BCUT2D eigenvalue weighted by Crippen LogP contribution is -1.86. The quantitative estimate of drug-likeness (QED) is 0.611. The first-order chi connectivity index (χ1) is 7.68. The van der Waals surface area contributed by atoms with E-state index in [1.165, 1.54) is 11.1 Å². The zero-order chi connectivity index (χ0) is 11.8. The van der Waals surface area contributed by atoms with Gasteiger partial charge in [0.1, 0.15) is 0 Å². The van der Waals surface area contributed by atoms with Gasteiger partial charge in [0.15, 0.2) is 0 Å². The van der Waals surface area contributed by atoms with E-state index >= 15 is 0 Å². The maximum atomic E-state index is 4.02. The monoisotopic (exact) mass is 212 g/mol. The van der Waals surface area contributed by atoms with Crippen molar-refractivity contribution in [1.29, 1.82) is 0 Å². The number of hydrogen-bond donors (Lipinski definition) is 0. The van der Waals surface area contributed by atoms with Crippen molar-refractivity contribution in [3.63, 3.8) is 0 Å². The van der Waals surface area contributed by atoms with E-state index in [4.69, 9.17) is 0 Å². The second kappa shape index (κ2) is 6.84. The van der Waals surface area contributed by atoms with Gasteiger partial charge in [0.2, 0.25) is 0 Å². The molecule has 0 saturated carbocycles. The zero-order valence-corrected chi connectivity index (χ0v) is 10.2. The van der Waals surface area contributed by atoms with E-state index in [1.54, 1.807) is 0 Å². The highest BCUT2D eigenvalue weighted by Gasteiger charge is 1.93. The van der Waals surface area contributed by atoms with Crippen LogP contribution in [0.15, 0.2) is 60.7 Å². The molecule has 0 aromatic heterocycles. The van der Waals surface area contributed by atoms with Gasteiger partial charge in [-0.05, 0) is 17.9 Å². The third-order valence-corrected chi connectivity index (χ3v) is 2.20. The van der Waals surface area contributed by atoms with Crippen LogP contribution in [0.25, 0.3) is 6.08 Å². The van der Waals surface area contributed by atoms with Crippen LogP contribution in [0.5, 0.6) is 0 Å². The van der Waals surface area contributed by atoms with Crippen molar-refractivity contribution in [2.24, 2.45) is 5.92 Å². The van der Waals surface area contributed by atoms with E-state index in [0.29, 0.717) is 5.92 Å². The summed E-state index contributed by atoms with van der Waals surface area (Å²) in [7, 11) is 0. The van der Waals surface area contributed by atoms with Crippen LogP contribution in [0.1, 0.15) is 25.8 Å². The second-order valence-corrected chi connectivity index (χ2v) is 4.39. The summed E-state index contributed by atoms with van der Waals surface area (Å²) in [5, 5.41) is 0. The maximum absolute atomic E-state index is 4.02. The molecular formula is C16H20. The summed E-state index contributed by atoms with van der Waals surface area (Å²) in [4.78, 5) is 0. The molecule has 1 rings (SSSR count). The topological polar surface area (TPSA) is 0 Å². The first-order valence-corrected chi connectivity index (χ1v) is 5.76. The Labute approximate surface area is 99.0 Å². The highest BCUT2D eigenvalue weighted by atomic mass is 14.0. The Bertz CT molecular complexity index is 366. The molecule has 0 N–H and O–H groups in total. The molecule has 0 amide bonds. The average molecular weight is 212 g/mol. The Balaban J connectivity index is 2.42. The van der Waals surface area contributed by atoms with Crippen LogP contribution in [0.3, 0.4) is 0 Å². The molecule has 1 aromatic rings. The minimum absolute atomic E-state index is 0.676. The zero-order valence-electron chi connectivity index (χ0n) is 10.2. The van der Waals surface area contributed by atoms with Gasteiger partial charge in [-0.2, -0.15) is 0 Å². The van der Waals surface area contributed by atoms with Crippen LogP contribution in [-0.2, 0) is 0 Å². The van der Waals surface area contributed by atoms with Gasteiger partial charge in [0.25, 0.3) is 0 Å². The van der Waals surface area contributed by atoms with E-state index in [-0.39, 0.29) is 0 Å². The fourth-order valence-electron chi connectivity index (χ4n) is 1.51. The molecule has 0 radical (unpaired) electrons. The average Bonchev–Trinajstić information content (AvgIpc) is 2.25. The Morgan fingerprint density at radius 3 is 2.50 bits per heavy atom. The largest absolute Gasteiger partial charge is 0.0958 e. The summed E-state index contributed by atoms with van der Waals surface area (Å²) in [6.07, 6.45) is 9.35. The van der Waals surface area contributed by atoms with Crippen molar-refractivity contribution in [2.75, 3.05) is 0 Å². The Hall–Kier alpha value is -1.56. The molecule has 0 atom stereocenters. The van der Waals surface area contributed by atoms with E-state index in [1.807, 2.05) is 18.2 Å². The molecule has 0 heterocycles. The van der Waals surface area contributed by atoms with Crippen molar-refractivity contribution >= 4 is 6.08 Å². The van der Waals surface area contributed by atoms with Gasteiger partial charge in [-0.15, -0.1) is 0 Å². The molecule has 0 aliphatic heterocycles. The number of allylic oxidation sites excluding steroid dienone is 4. The fourth-order valence-corrected chi connectivity index (χ4v) is 1.51. The Morgan fingerprint density at radius 2 is 1.88 bits per heavy atom. The second-order valence-electron chi connectivity index (χ2n) is 4.39. The highest BCUT2D eigenvalue weighted by Crippen LogP contribution is 2.09. The molecule has 0 nitrogen and oxygen atoms in total. The highest BCUT2D eigenvalue weighted by molar-refractivity contribution is 5.50. The first kappa shape index (κ1) is 12.5. The molecule has 0 saturated heterocycles. The number of rotatable bonds is 5. The van der Waals surface area contributed by atoms with Crippen molar-refractivity contribution in [3.8, 4) is 0 Å². The van der Waals surface area contributed by atoms with Crippen LogP contribution in [0, 0.1) is 5.92 Å². The molecular weight excluding hydrogens is 192 g/mol. The molecule has 0 heteroatoms. The normalized spacial score (nSPS) is 11.7. The summed E-state index contributed by atoms with van der Waals surface area (Å²) in [6.45, 7) is 8.43. The molecule has 0 aliphatic rings. The van der Waals surface area contributed by atoms with Crippen LogP contribution >= 0.6 is 0 Å². The van der Waals surface area contributed by atoms with Crippen molar-refractivity contribution in [2.45, 2.75) is 20.3 Å². The molecule has 16 heavy (non-hydrogen) atoms. The van der Waals surface area contributed by atoms with Gasteiger partial charge in [-0.3, -0.25) is 0 Å². The maximum Gasteiger partial charge on any atom is -0.0257 e. The Kier molecular flexibility index (Phi) is 5.35. The van der Waals surface area contributed by atoms with Gasteiger partial charge >= 0.3 is 0 Å². The van der Waals surface area contributed by atoms with Crippen LogP contribution < -0.4 is 0 Å². The van der Waals surface area contributed by atoms with E-state index in [0.717, 1.165) is 6.42 Å². The fraction of sp³-hybridized carbons (Fsp3) is 0.250. The van der Waals surface area contributed by atoms with Crippen molar-refractivity contribution in [1.82, 2.24) is 0 Å². The summed E-state index contributed by atoms with van der Waals surface area (Å²) in [5.74, 6) is 0.676. The van der Waals surface area contributed by atoms with Gasteiger partial charge in [-0.25, -0.2) is 0 Å². The van der Waals surface area contributed by atoms with Crippen molar-refractivity contribution < 1.29 is 0 Å². The predicted octanol–water partition coefficient (Wildman–Crippen LogP) is 4.86. The third-order valence-electron chi connectivity index (χ3n) is 2.20. The van der Waals surface area contributed by atoms with Crippen LogP contribution in [0.2, 0.25) is 0 Å². The van der Waals surface area contributed by atoms with E-state index < -0.39 is 0 Å². The van der Waals surface area contributed by atoms with E-state index in [2.05, 4.69) is 56.9 Å². The first-order valence-electron chi connectivity index (χ1n) is 5.76. The van der Waals surface area contributed by atoms with Crippen LogP contribution in [-0.4, -0.2) is 0 Å². The predicted molar refractivity (Wildman–Crippen MR) is 73.2 cm³/mol. The summed E-state index contributed by atoms with van der Waals surface area (Å²) >= 11 is 0. The summed E-state index contributed by atoms with van der Waals surface area (Å²) < 4.78 is 0. The summed E-state index contributed by atoms with van der Waals surface area (Å²) in [6, 6.07) is 10.3. The third kappa shape index (κ3) is 5.35. The molecule has 1 aromatic carbocycles. The number of hydrogen-bond acceptors (Lipinski definition) is 0. The van der Waals surface area contributed by atoms with Gasteiger partial charge in [-0.1, -0.05) is 80.6 Å². The standard InChI is InChI=1S/C16H20/c1-14(2)13-15(3)9-7-8-12-16-10-5-4-6-11-16/h4-12,14H,3,13H2,1-2H3/b9-7+,12-8+.